The van der Waals surface area contributed by atoms with E-state index in [2.05, 4.69) is 10.3 Å². The number of ether oxygens (including phenoxy) is 1. The summed E-state index contributed by atoms with van der Waals surface area (Å²) in [6.07, 6.45) is 0.692. The number of nitrogens with one attached hydrogen (secondary N) is 1. The average molecular weight is 277 g/mol. The molecule has 0 bridgehead atoms. The molecule has 0 saturated heterocycles. The van der Waals surface area contributed by atoms with Crippen LogP contribution in [-0.2, 0) is 4.74 Å². The maximum atomic E-state index is 11.8. The third-order valence-corrected chi connectivity index (χ3v) is 3.62. The number of rotatable bonds is 6. The van der Waals surface area contributed by atoms with Crippen molar-refractivity contribution in [1.29, 1.82) is 0 Å². The molecular weight excluding hydrogens is 260 g/mol. The Bertz CT molecular complexity index is 382. The van der Waals surface area contributed by atoms with Crippen LogP contribution in [0.5, 0.6) is 0 Å². The van der Waals surface area contributed by atoms with Gasteiger partial charge < -0.3 is 10.1 Å². The molecule has 1 aromatic heterocycles. The zero-order valence-electron chi connectivity index (χ0n) is 10.2. The smallest absolute Gasteiger partial charge is 0.263 e. The second-order valence-corrected chi connectivity index (χ2v) is 5.57. The molecule has 1 heterocycles. The van der Waals surface area contributed by atoms with E-state index in [9.17, 15) is 4.79 Å². The van der Waals surface area contributed by atoms with Crippen LogP contribution in [0.15, 0.2) is 0 Å². The van der Waals surface area contributed by atoms with Crippen LogP contribution in [0, 0.1) is 13.8 Å². The van der Waals surface area contributed by atoms with Gasteiger partial charge in [0, 0.05) is 13.7 Å². The number of amides is 1. The van der Waals surface area contributed by atoms with Gasteiger partial charge in [-0.25, -0.2) is 4.98 Å². The molecule has 0 spiro atoms. The second-order valence-electron chi connectivity index (χ2n) is 3.74. The van der Waals surface area contributed by atoms with Gasteiger partial charge in [-0.15, -0.1) is 22.9 Å². The normalized spacial score (nSPS) is 12.5. The number of halogens is 1. The molecule has 4 nitrogen and oxygen atoms in total. The van der Waals surface area contributed by atoms with Gasteiger partial charge in [-0.2, -0.15) is 0 Å². The Balaban J connectivity index is 2.37. The highest BCUT2D eigenvalue weighted by Crippen LogP contribution is 2.16. The molecule has 1 atom stereocenters. The topological polar surface area (TPSA) is 51.2 Å². The molecule has 0 saturated carbocycles. The molecule has 0 radical (unpaired) electrons. The summed E-state index contributed by atoms with van der Waals surface area (Å²) in [4.78, 5) is 16.7. The Kier molecular flexibility index (Phi) is 5.88. The number of methoxy groups -OCH3 is 1. The van der Waals surface area contributed by atoms with Crippen LogP contribution in [-0.4, -0.2) is 36.5 Å². The first-order chi connectivity index (χ1) is 8.04. The Labute approximate surface area is 110 Å². The number of carbonyl (C=O) groups is 1. The van der Waals surface area contributed by atoms with Crippen molar-refractivity contribution >= 4 is 28.8 Å². The maximum Gasteiger partial charge on any atom is 0.263 e. The van der Waals surface area contributed by atoms with Crippen molar-refractivity contribution in [2.45, 2.75) is 25.6 Å². The number of aromatic nitrogens is 1. The summed E-state index contributed by atoms with van der Waals surface area (Å²) in [6, 6.07) is 0. The molecule has 0 fully saturated rings. The van der Waals surface area contributed by atoms with Crippen LogP contribution in [0.3, 0.4) is 0 Å². The number of thiazole rings is 1. The molecule has 0 aliphatic carbocycles. The van der Waals surface area contributed by atoms with Gasteiger partial charge >= 0.3 is 0 Å². The van der Waals surface area contributed by atoms with Crippen LogP contribution >= 0.6 is 22.9 Å². The highest BCUT2D eigenvalue weighted by molar-refractivity contribution is 7.13. The molecule has 1 unspecified atom stereocenters. The van der Waals surface area contributed by atoms with Crippen molar-refractivity contribution in [2.75, 3.05) is 20.3 Å². The molecule has 0 aromatic carbocycles. The molecular formula is C11H17ClN2O2S. The highest BCUT2D eigenvalue weighted by atomic mass is 35.5. The number of hydrogen-bond donors (Lipinski definition) is 1. The van der Waals surface area contributed by atoms with Crippen LogP contribution < -0.4 is 5.32 Å². The van der Waals surface area contributed by atoms with E-state index in [-0.39, 0.29) is 11.3 Å². The quantitative estimate of drug-likeness (QED) is 0.810. The van der Waals surface area contributed by atoms with E-state index in [4.69, 9.17) is 16.3 Å². The van der Waals surface area contributed by atoms with E-state index in [0.29, 0.717) is 24.4 Å². The summed E-state index contributed by atoms with van der Waals surface area (Å²) < 4.78 is 4.92. The Hall–Kier alpha value is -0.650. The van der Waals surface area contributed by atoms with Gasteiger partial charge in [-0.05, 0) is 20.3 Å². The van der Waals surface area contributed by atoms with E-state index < -0.39 is 0 Å². The first-order valence-corrected chi connectivity index (χ1v) is 6.65. The largest absolute Gasteiger partial charge is 0.383 e. The average Bonchev–Trinajstić information content (AvgIpc) is 2.58. The van der Waals surface area contributed by atoms with E-state index >= 15 is 0 Å². The van der Waals surface area contributed by atoms with E-state index in [1.807, 2.05) is 13.8 Å². The minimum Gasteiger partial charge on any atom is -0.383 e. The summed E-state index contributed by atoms with van der Waals surface area (Å²) in [6.45, 7) is 4.78. The van der Waals surface area contributed by atoms with Gasteiger partial charge in [-0.1, -0.05) is 0 Å². The number of aryl methyl sites for hydroxylation is 2. The van der Waals surface area contributed by atoms with Crippen LogP contribution in [0.4, 0.5) is 0 Å². The molecule has 17 heavy (non-hydrogen) atoms. The lowest BCUT2D eigenvalue weighted by Gasteiger charge is -2.08. The predicted molar refractivity (Wildman–Crippen MR) is 70.1 cm³/mol. The summed E-state index contributed by atoms with van der Waals surface area (Å²) in [5.41, 5.74) is 0.782. The minimum absolute atomic E-state index is 0.0652. The summed E-state index contributed by atoms with van der Waals surface area (Å²) in [5, 5.41) is 3.67. The van der Waals surface area contributed by atoms with E-state index in [1.54, 1.807) is 7.11 Å². The zero-order valence-corrected chi connectivity index (χ0v) is 11.8. The number of nitrogens with zero attached hydrogens (tertiary/aromatic N) is 1. The SMILES string of the molecule is COCC(Cl)CCNC(=O)c1sc(C)nc1C. The van der Waals surface area contributed by atoms with Crippen molar-refractivity contribution in [3.05, 3.63) is 15.6 Å². The fraction of sp³-hybridized carbons (Fsp3) is 0.636. The number of alkyl halides is 1. The lowest BCUT2D eigenvalue weighted by molar-refractivity contribution is 0.0955. The molecule has 0 aliphatic heterocycles. The molecule has 6 heteroatoms. The van der Waals surface area contributed by atoms with Crippen LogP contribution in [0.2, 0.25) is 0 Å². The van der Waals surface area contributed by atoms with Gasteiger partial charge in [0.2, 0.25) is 0 Å². The third-order valence-electron chi connectivity index (χ3n) is 2.20. The van der Waals surface area contributed by atoms with Crippen molar-refractivity contribution in [2.24, 2.45) is 0 Å². The molecule has 1 amide bonds. The lowest BCUT2D eigenvalue weighted by atomic mass is 10.3. The fourth-order valence-electron chi connectivity index (χ4n) is 1.43. The Morgan fingerprint density at radius 2 is 2.29 bits per heavy atom. The van der Waals surface area contributed by atoms with Crippen molar-refractivity contribution in [3.8, 4) is 0 Å². The summed E-state index contributed by atoms with van der Waals surface area (Å²) >= 11 is 7.37. The van der Waals surface area contributed by atoms with Crippen LogP contribution in [0.25, 0.3) is 0 Å². The standard InChI is InChI=1S/C11H17ClN2O2S/c1-7-10(17-8(2)14-7)11(15)13-5-4-9(12)6-16-3/h9H,4-6H2,1-3H3,(H,13,15). The van der Waals surface area contributed by atoms with Crippen LogP contribution in [0.1, 0.15) is 26.8 Å². The third kappa shape index (κ3) is 4.61. The van der Waals surface area contributed by atoms with E-state index in [0.717, 1.165) is 10.7 Å². The van der Waals surface area contributed by atoms with Gasteiger partial charge in [0.25, 0.3) is 5.91 Å². The molecule has 1 N–H and O–H groups in total. The monoisotopic (exact) mass is 276 g/mol. The summed E-state index contributed by atoms with van der Waals surface area (Å²) in [5.74, 6) is -0.0746. The highest BCUT2D eigenvalue weighted by Gasteiger charge is 2.13. The number of carbonyl (C=O) groups excluding carboxylic acids is 1. The zero-order chi connectivity index (χ0) is 12.8. The van der Waals surface area contributed by atoms with Crippen molar-refractivity contribution in [1.82, 2.24) is 10.3 Å². The second kappa shape index (κ2) is 6.93. The fourth-order valence-corrected chi connectivity index (χ4v) is 2.50. The summed E-state index contributed by atoms with van der Waals surface area (Å²) in [7, 11) is 1.61. The molecule has 96 valence electrons. The minimum atomic E-state index is -0.0746. The first-order valence-electron chi connectivity index (χ1n) is 5.39. The number of hydrogen-bond acceptors (Lipinski definition) is 4. The Morgan fingerprint density at radius 1 is 1.59 bits per heavy atom. The predicted octanol–water partition coefficient (Wildman–Crippen LogP) is 2.13. The van der Waals surface area contributed by atoms with Crippen molar-refractivity contribution < 1.29 is 9.53 Å². The molecule has 1 rings (SSSR count). The molecule has 1 aromatic rings. The Morgan fingerprint density at radius 3 is 2.82 bits per heavy atom. The maximum absolute atomic E-state index is 11.8. The van der Waals surface area contributed by atoms with Gasteiger partial charge in [0.15, 0.2) is 0 Å². The first kappa shape index (κ1) is 14.4. The van der Waals surface area contributed by atoms with Gasteiger partial charge in [0.05, 0.1) is 22.7 Å². The van der Waals surface area contributed by atoms with Crippen molar-refractivity contribution in [3.63, 3.8) is 0 Å². The van der Waals surface area contributed by atoms with E-state index in [1.165, 1.54) is 11.3 Å². The molecule has 0 aliphatic rings. The van der Waals surface area contributed by atoms with Gasteiger partial charge in [-0.3, -0.25) is 4.79 Å². The van der Waals surface area contributed by atoms with Gasteiger partial charge in [0.1, 0.15) is 4.88 Å². The lowest BCUT2D eigenvalue weighted by Crippen LogP contribution is -2.26.